The molecule has 0 aromatic carbocycles. The number of halogens is 1. The van der Waals surface area contributed by atoms with Crippen molar-refractivity contribution < 1.29 is 8.42 Å². The van der Waals surface area contributed by atoms with Gasteiger partial charge in [0.15, 0.2) is 0 Å². The van der Waals surface area contributed by atoms with Crippen LogP contribution in [0.4, 0.5) is 0 Å². The average Bonchev–Trinajstić information content (AvgIpc) is 2.01. The second-order valence-electron chi connectivity index (χ2n) is 2.23. The molecule has 0 atom stereocenters. The number of nitriles is 1. The summed E-state index contributed by atoms with van der Waals surface area (Å²) in [4.78, 5) is 7.00. The smallest absolute Gasteiger partial charge is 0.222 e. The van der Waals surface area contributed by atoms with Crippen molar-refractivity contribution in [2.45, 2.75) is 12.1 Å². The van der Waals surface area contributed by atoms with Gasteiger partial charge in [-0.3, -0.25) is 0 Å². The minimum atomic E-state index is -3.96. The Kier molecular flexibility index (Phi) is 2.50. The van der Waals surface area contributed by atoms with Gasteiger partial charge in [-0.15, -0.1) is 0 Å². The maximum absolute atomic E-state index is 10.8. The molecule has 1 rings (SSSR count). The van der Waals surface area contributed by atoms with Gasteiger partial charge < -0.3 is 0 Å². The number of rotatable bonds is 1. The van der Waals surface area contributed by atoms with Crippen LogP contribution in [0.1, 0.15) is 11.4 Å². The van der Waals surface area contributed by atoms with Crippen LogP contribution in [-0.4, -0.2) is 18.4 Å². The quantitative estimate of drug-likeness (QED) is 0.508. The van der Waals surface area contributed by atoms with Gasteiger partial charge in [0.05, 0.1) is 0 Å². The predicted octanol–water partition coefficient (Wildman–Crippen LogP) is 0.584. The maximum Gasteiger partial charge on any atom is 0.296 e. The molecule has 0 saturated heterocycles. The van der Waals surface area contributed by atoms with Crippen LogP contribution >= 0.6 is 10.7 Å². The first-order valence-corrected chi connectivity index (χ1v) is 5.45. The van der Waals surface area contributed by atoms with Crippen molar-refractivity contribution in [1.29, 1.82) is 5.26 Å². The fourth-order valence-electron chi connectivity index (χ4n) is 0.708. The van der Waals surface area contributed by atoms with E-state index in [2.05, 4.69) is 9.97 Å². The van der Waals surface area contributed by atoms with E-state index in [1.807, 2.05) is 0 Å². The standard InChI is InChI=1S/C6H4ClN3O2S/c1-4-2-5(3-8)10-6(9-4)13(7,11)12/h2H,1H3. The Hall–Kier alpha value is -1.19. The van der Waals surface area contributed by atoms with Gasteiger partial charge in [-0.05, 0) is 13.0 Å². The molecule has 0 aliphatic carbocycles. The van der Waals surface area contributed by atoms with Crippen LogP contribution in [0.5, 0.6) is 0 Å². The molecule has 1 aromatic heterocycles. The lowest BCUT2D eigenvalue weighted by Gasteiger charge is -1.96. The number of aromatic nitrogens is 2. The van der Waals surface area contributed by atoms with Crippen molar-refractivity contribution in [3.8, 4) is 6.07 Å². The van der Waals surface area contributed by atoms with E-state index >= 15 is 0 Å². The van der Waals surface area contributed by atoms with Crippen LogP contribution in [-0.2, 0) is 9.05 Å². The van der Waals surface area contributed by atoms with Gasteiger partial charge in [-0.1, -0.05) is 0 Å². The molecule has 0 spiro atoms. The van der Waals surface area contributed by atoms with Crippen LogP contribution in [0.3, 0.4) is 0 Å². The zero-order valence-electron chi connectivity index (χ0n) is 6.52. The molecule has 0 N–H and O–H groups in total. The lowest BCUT2D eigenvalue weighted by molar-refractivity contribution is 0.600. The van der Waals surface area contributed by atoms with Crippen LogP contribution in [0.2, 0.25) is 0 Å². The van der Waals surface area contributed by atoms with Gasteiger partial charge in [0.25, 0.3) is 14.2 Å². The summed E-state index contributed by atoms with van der Waals surface area (Å²) in [6.45, 7) is 1.55. The molecule has 1 heterocycles. The highest BCUT2D eigenvalue weighted by Gasteiger charge is 2.15. The Labute approximate surface area is 79.4 Å². The highest BCUT2D eigenvalue weighted by atomic mass is 35.7. The molecule has 0 unspecified atom stereocenters. The minimum Gasteiger partial charge on any atom is -0.222 e. The largest absolute Gasteiger partial charge is 0.296 e. The van der Waals surface area contributed by atoms with Gasteiger partial charge in [0.2, 0.25) is 0 Å². The molecule has 68 valence electrons. The van der Waals surface area contributed by atoms with Crippen molar-refractivity contribution in [3.63, 3.8) is 0 Å². The summed E-state index contributed by atoms with van der Waals surface area (Å²) in [5.41, 5.74) is 0.359. The zero-order valence-corrected chi connectivity index (χ0v) is 8.09. The third-order valence-corrected chi connectivity index (χ3v) is 2.20. The monoisotopic (exact) mass is 217 g/mol. The van der Waals surface area contributed by atoms with Gasteiger partial charge in [0.1, 0.15) is 11.8 Å². The third-order valence-electron chi connectivity index (χ3n) is 1.17. The Morgan fingerprint density at radius 1 is 1.54 bits per heavy atom. The molecular formula is C6H4ClN3O2S. The molecule has 5 nitrogen and oxygen atoms in total. The lowest BCUT2D eigenvalue weighted by atomic mass is 10.4. The summed E-state index contributed by atoms with van der Waals surface area (Å²) in [6.07, 6.45) is 0. The van der Waals surface area contributed by atoms with E-state index in [1.165, 1.54) is 6.07 Å². The van der Waals surface area contributed by atoms with E-state index in [0.717, 1.165) is 0 Å². The van der Waals surface area contributed by atoms with Crippen LogP contribution in [0, 0.1) is 18.3 Å². The SMILES string of the molecule is Cc1cc(C#N)nc(S(=O)(=O)Cl)n1. The first-order valence-electron chi connectivity index (χ1n) is 3.14. The Balaban J connectivity index is 3.44. The molecule has 0 saturated carbocycles. The highest BCUT2D eigenvalue weighted by Crippen LogP contribution is 2.10. The lowest BCUT2D eigenvalue weighted by Crippen LogP contribution is -2.02. The summed E-state index contributed by atoms with van der Waals surface area (Å²) in [5.74, 6) is 0. The molecule has 7 heteroatoms. The van der Waals surface area contributed by atoms with Crippen LogP contribution < -0.4 is 0 Å². The van der Waals surface area contributed by atoms with Gasteiger partial charge in [0, 0.05) is 16.4 Å². The van der Waals surface area contributed by atoms with Gasteiger partial charge in [-0.2, -0.15) is 5.26 Å². The second kappa shape index (κ2) is 3.28. The topological polar surface area (TPSA) is 83.7 Å². The first kappa shape index (κ1) is 9.89. The number of nitrogens with zero attached hydrogens (tertiary/aromatic N) is 3. The van der Waals surface area contributed by atoms with Crippen molar-refractivity contribution in [1.82, 2.24) is 9.97 Å². The van der Waals surface area contributed by atoms with Gasteiger partial charge >= 0.3 is 0 Å². The molecule has 0 aliphatic heterocycles. The Morgan fingerprint density at radius 3 is 2.62 bits per heavy atom. The van der Waals surface area contributed by atoms with Gasteiger partial charge in [-0.25, -0.2) is 18.4 Å². The maximum atomic E-state index is 10.8. The molecule has 1 aromatic rings. The predicted molar refractivity (Wildman–Crippen MR) is 44.5 cm³/mol. The number of aryl methyl sites for hydroxylation is 1. The van der Waals surface area contributed by atoms with Crippen molar-refractivity contribution in [3.05, 3.63) is 17.5 Å². The fourth-order valence-corrected chi connectivity index (χ4v) is 1.38. The number of hydrogen-bond acceptors (Lipinski definition) is 5. The fraction of sp³-hybridized carbons (Fsp3) is 0.167. The van der Waals surface area contributed by atoms with Crippen LogP contribution in [0.15, 0.2) is 11.2 Å². The van der Waals surface area contributed by atoms with Crippen molar-refractivity contribution in [2.75, 3.05) is 0 Å². The summed E-state index contributed by atoms with van der Waals surface area (Å²) in [6, 6.07) is 3.07. The molecule has 0 radical (unpaired) electrons. The number of hydrogen-bond donors (Lipinski definition) is 0. The van der Waals surface area contributed by atoms with Crippen molar-refractivity contribution >= 4 is 19.7 Å². The summed E-state index contributed by atoms with van der Waals surface area (Å²) in [7, 11) is 1.04. The van der Waals surface area contributed by atoms with E-state index in [1.54, 1.807) is 13.0 Å². The average molecular weight is 218 g/mol. The molecule has 13 heavy (non-hydrogen) atoms. The van der Waals surface area contributed by atoms with Crippen molar-refractivity contribution in [2.24, 2.45) is 0 Å². The van der Waals surface area contributed by atoms with E-state index in [4.69, 9.17) is 15.9 Å². The minimum absolute atomic E-state index is 0.0216. The second-order valence-corrected chi connectivity index (χ2v) is 4.69. The Bertz CT molecular complexity index is 477. The first-order chi connectivity index (χ1) is 5.93. The summed E-state index contributed by atoms with van der Waals surface area (Å²) in [5, 5.41) is 7.94. The Morgan fingerprint density at radius 2 is 2.15 bits per heavy atom. The molecular weight excluding hydrogens is 214 g/mol. The molecule has 0 fully saturated rings. The molecule has 0 bridgehead atoms. The zero-order chi connectivity index (χ0) is 10.1. The summed E-state index contributed by atoms with van der Waals surface area (Å²) < 4.78 is 21.6. The van der Waals surface area contributed by atoms with E-state index in [9.17, 15) is 8.42 Å². The van der Waals surface area contributed by atoms with E-state index in [0.29, 0.717) is 5.69 Å². The third kappa shape index (κ3) is 2.37. The van der Waals surface area contributed by atoms with E-state index < -0.39 is 14.2 Å². The molecule has 0 amide bonds. The van der Waals surface area contributed by atoms with Crippen LogP contribution in [0.25, 0.3) is 0 Å². The summed E-state index contributed by atoms with van der Waals surface area (Å²) >= 11 is 0. The highest BCUT2D eigenvalue weighted by molar-refractivity contribution is 8.13. The normalized spacial score (nSPS) is 10.8. The molecule has 0 aliphatic rings. The van der Waals surface area contributed by atoms with E-state index in [-0.39, 0.29) is 5.69 Å².